The van der Waals surface area contributed by atoms with Gasteiger partial charge in [-0.25, -0.2) is 5.01 Å². The van der Waals surface area contributed by atoms with E-state index < -0.39 is 0 Å². The molecule has 0 amide bonds. The van der Waals surface area contributed by atoms with Gasteiger partial charge in [0.1, 0.15) is 11.5 Å². The molecule has 0 atom stereocenters. The zero-order chi connectivity index (χ0) is 10.6. The molecule has 0 spiro atoms. The molecular formula is C10H16N2O2. The number of methoxy groups -OCH3 is 2. The molecule has 0 aliphatic rings. The highest BCUT2D eigenvalue weighted by Gasteiger charge is 2.05. The summed E-state index contributed by atoms with van der Waals surface area (Å²) in [5, 5.41) is 1.59. The van der Waals surface area contributed by atoms with Crippen LogP contribution in [-0.4, -0.2) is 26.3 Å². The predicted octanol–water partition coefficient (Wildman–Crippen LogP) is 1.01. The Morgan fingerprint density at radius 1 is 1.29 bits per heavy atom. The fourth-order valence-electron chi connectivity index (χ4n) is 1.27. The summed E-state index contributed by atoms with van der Waals surface area (Å²) in [5.41, 5.74) is 1.01. The molecule has 2 N–H and O–H groups in total. The third-order valence-corrected chi connectivity index (χ3v) is 1.91. The van der Waals surface area contributed by atoms with Gasteiger partial charge in [-0.15, -0.1) is 0 Å². The van der Waals surface area contributed by atoms with Crippen LogP contribution in [0.3, 0.4) is 0 Å². The van der Waals surface area contributed by atoms with E-state index in [1.165, 1.54) is 0 Å². The summed E-state index contributed by atoms with van der Waals surface area (Å²) in [6.07, 6.45) is 0. The number of hydrogen-bond donors (Lipinski definition) is 1. The number of benzene rings is 1. The summed E-state index contributed by atoms with van der Waals surface area (Å²) in [6.45, 7) is 0.625. The minimum absolute atomic E-state index is 0.625. The van der Waals surface area contributed by atoms with Gasteiger partial charge in [0.15, 0.2) is 0 Å². The summed E-state index contributed by atoms with van der Waals surface area (Å²) >= 11 is 0. The van der Waals surface area contributed by atoms with Gasteiger partial charge in [-0.2, -0.15) is 0 Å². The second-order valence-electron chi connectivity index (χ2n) is 3.09. The van der Waals surface area contributed by atoms with E-state index in [0.29, 0.717) is 6.54 Å². The van der Waals surface area contributed by atoms with Crippen molar-refractivity contribution in [3.05, 3.63) is 23.8 Å². The highest BCUT2D eigenvalue weighted by atomic mass is 16.5. The summed E-state index contributed by atoms with van der Waals surface area (Å²) in [5.74, 6) is 7.21. The molecule has 0 saturated heterocycles. The Kier molecular flexibility index (Phi) is 3.73. The number of nitrogens with zero attached hydrogens (tertiary/aromatic N) is 1. The molecule has 0 aliphatic heterocycles. The summed E-state index contributed by atoms with van der Waals surface area (Å²) in [7, 11) is 5.08. The van der Waals surface area contributed by atoms with Gasteiger partial charge >= 0.3 is 0 Å². The first-order valence-electron chi connectivity index (χ1n) is 4.34. The monoisotopic (exact) mass is 196 g/mol. The number of ether oxygens (including phenoxy) is 2. The van der Waals surface area contributed by atoms with E-state index >= 15 is 0 Å². The van der Waals surface area contributed by atoms with Crippen molar-refractivity contribution in [1.29, 1.82) is 0 Å². The minimum atomic E-state index is 0.625. The SMILES string of the molecule is COc1ccc(OC)c(CN(C)N)c1. The molecule has 1 rings (SSSR count). The van der Waals surface area contributed by atoms with Crippen LogP contribution in [0.1, 0.15) is 5.56 Å². The zero-order valence-corrected chi connectivity index (χ0v) is 8.78. The topological polar surface area (TPSA) is 47.7 Å². The Labute approximate surface area is 84.2 Å². The normalized spacial score (nSPS) is 10.4. The minimum Gasteiger partial charge on any atom is -0.497 e. The molecule has 0 aromatic heterocycles. The molecule has 0 radical (unpaired) electrons. The van der Waals surface area contributed by atoms with Crippen LogP contribution in [0.25, 0.3) is 0 Å². The lowest BCUT2D eigenvalue weighted by Crippen LogP contribution is -2.25. The molecule has 78 valence electrons. The second kappa shape index (κ2) is 4.83. The van der Waals surface area contributed by atoms with Crippen LogP contribution in [-0.2, 0) is 6.54 Å². The number of nitrogens with two attached hydrogens (primary N) is 1. The lowest BCUT2D eigenvalue weighted by Gasteiger charge is -2.14. The fraction of sp³-hybridized carbons (Fsp3) is 0.400. The zero-order valence-electron chi connectivity index (χ0n) is 8.78. The van der Waals surface area contributed by atoms with Gasteiger partial charge in [0.05, 0.1) is 14.2 Å². The van der Waals surface area contributed by atoms with Gasteiger partial charge in [0, 0.05) is 19.2 Å². The van der Waals surface area contributed by atoms with Crippen LogP contribution in [0.5, 0.6) is 11.5 Å². The third-order valence-electron chi connectivity index (χ3n) is 1.91. The van der Waals surface area contributed by atoms with Gasteiger partial charge in [-0.1, -0.05) is 0 Å². The Balaban J connectivity index is 2.96. The molecule has 0 fully saturated rings. The van der Waals surface area contributed by atoms with Crippen molar-refractivity contribution in [1.82, 2.24) is 5.01 Å². The van der Waals surface area contributed by atoms with E-state index in [1.54, 1.807) is 26.3 Å². The van der Waals surface area contributed by atoms with Crippen LogP contribution in [0.4, 0.5) is 0 Å². The maximum Gasteiger partial charge on any atom is 0.123 e. The van der Waals surface area contributed by atoms with Crippen molar-refractivity contribution in [3.63, 3.8) is 0 Å². The highest BCUT2D eigenvalue weighted by molar-refractivity contribution is 5.40. The average molecular weight is 196 g/mol. The van der Waals surface area contributed by atoms with Crippen LogP contribution in [0.2, 0.25) is 0 Å². The molecule has 1 aromatic carbocycles. The van der Waals surface area contributed by atoms with Gasteiger partial charge in [-0.3, -0.25) is 5.84 Å². The summed E-state index contributed by atoms with van der Waals surface area (Å²) in [4.78, 5) is 0. The summed E-state index contributed by atoms with van der Waals surface area (Å²) < 4.78 is 10.3. The molecular weight excluding hydrogens is 180 g/mol. The Morgan fingerprint density at radius 2 is 2.00 bits per heavy atom. The van der Waals surface area contributed by atoms with Crippen molar-refractivity contribution in [3.8, 4) is 11.5 Å². The van der Waals surface area contributed by atoms with E-state index in [4.69, 9.17) is 15.3 Å². The lowest BCUT2D eigenvalue weighted by atomic mass is 10.2. The standard InChI is InChI=1S/C10H16N2O2/c1-12(11)7-8-6-9(13-2)4-5-10(8)14-3/h4-6H,7,11H2,1-3H3. The van der Waals surface area contributed by atoms with Crippen LogP contribution in [0.15, 0.2) is 18.2 Å². The largest absolute Gasteiger partial charge is 0.497 e. The van der Waals surface area contributed by atoms with Crippen LogP contribution < -0.4 is 15.3 Å². The van der Waals surface area contributed by atoms with E-state index in [-0.39, 0.29) is 0 Å². The molecule has 4 nitrogen and oxygen atoms in total. The van der Waals surface area contributed by atoms with Crippen LogP contribution in [0, 0.1) is 0 Å². The van der Waals surface area contributed by atoms with E-state index in [2.05, 4.69) is 0 Å². The molecule has 0 heterocycles. The first-order chi connectivity index (χ1) is 6.67. The number of hydrazine groups is 1. The highest BCUT2D eigenvalue weighted by Crippen LogP contribution is 2.24. The van der Waals surface area contributed by atoms with Crippen molar-refractivity contribution in [2.75, 3.05) is 21.3 Å². The molecule has 0 saturated carbocycles. The Hall–Kier alpha value is -1.26. The quantitative estimate of drug-likeness (QED) is 0.576. The maximum absolute atomic E-state index is 5.58. The van der Waals surface area contributed by atoms with Gasteiger partial charge < -0.3 is 9.47 Å². The first kappa shape index (κ1) is 10.8. The van der Waals surface area contributed by atoms with Crippen LogP contribution >= 0.6 is 0 Å². The third kappa shape index (κ3) is 2.61. The first-order valence-corrected chi connectivity index (χ1v) is 4.34. The van der Waals surface area contributed by atoms with Gasteiger partial charge in [0.25, 0.3) is 0 Å². The molecule has 1 aromatic rings. The van der Waals surface area contributed by atoms with Crippen molar-refractivity contribution < 1.29 is 9.47 Å². The van der Waals surface area contributed by atoms with E-state index in [0.717, 1.165) is 17.1 Å². The Morgan fingerprint density at radius 3 is 2.50 bits per heavy atom. The maximum atomic E-state index is 5.58. The number of rotatable bonds is 4. The molecule has 14 heavy (non-hydrogen) atoms. The Bertz CT molecular complexity index is 300. The molecule has 0 bridgehead atoms. The number of hydrogen-bond acceptors (Lipinski definition) is 4. The van der Waals surface area contributed by atoms with Crippen molar-refractivity contribution >= 4 is 0 Å². The summed E-state index contributed by atoms with van der Waals surface area (Å²) in [6, 6.07) is 5.65. The van der Waals surface area contributed by atoms with E-state index in [1.807, 2.05) is 18.2 Å². The molecule has 0 aliphatic carbocycles. The fourth-order valence-corrected chi connectivity index (χ4v) is 1.27. The molecule has 0 unspecified atom stereocenters. The smallest absolute Gasteiger partial charge is 0.123 e. The van der Waals surface area contributed by atoms with Crippen molar-refractivity contribution in [2.45, 2.75) is 6.54 Å². The average Bonchev–Trinajstić information content (AvgIpc) is 2.16. The van der Waals surface area contributed by atoms with E-state index in [9.17, 15) is 0 Å². The predicted molar refractivity (Wildman–Crippen MR) is 55.2 cm³/mol. The van der Waals surface area contributed by atoms with Gasteiger partial charge in [-0.05, 0) is 18.2 Å². The van der Waals surface area contributed by atoms with Crippen molar-refractivity contribution in [2.24, 2.45) is 5.84 Å². The lowest BCUT2D eigenvalue weighted by molar-refractivity contribution is 0.327. The second-order valence-corrected chi connectivity index (χ2v) is 3.09. The molecule has 4 heteroatoms. The van der Waals surface area contributed by atoms with Gasteiger partial charge in [0.2, 0.25) is 0 Å².